The van der Waals surface area contributed by atoms with Crippen LogP contribution in [0.15, 0.2) is 0 Å². The van der Waals surface area contributed by atoms with Gasteiger partial charge in [0.15, 0.2) is 0 Å². The smallest absolute Gasteiger partial charge is 0.327 e. The first-order valence-electron chi connectivity index (χ1n) is 7.05. The number of aliphatic carboxylic acids is 1. The molecule has 0 aromatic heterocycles. The summed E-state index contributed by atoms with van der Waals surface area (Å²) in [7, 11) is 0. The van der Waals surface area contributed by atoms with Gasteiger partial charge in [0.25, 0.3) is 0 Å². The number of thioether (sulfide) groups is 1. The van der Waals surface area contributed by atoms with Gasteiger partial charge in [-0.1, -0.05) is 0 Å². The minimum Gasteiger partial charge on any atom is -0.480 e. The number of hydrogen-bond donors (Lipinski definition) is 2. The van der Waals surface area contributed by atoms with Crippen molar-refractivity contribution < 1.29 is 29.0 Å². The lowest BCUT2D eigenvalue weighted by Gasteiger charge is -2.19. The Morgan fingerprint density at radius 2 is 2.09 bits per heavy atom. The maximum atomic E-state index is 11.9. The lowest BCUT2D eigenvalue weighted by molar-refractivity contribution is -0.143. The van der Waals surface area contributed by atoms with Gasteiger partial charge in [-0.15, -0.1) is 0 Å². The van der Waals surface area contributed by atoms with E-state index in [9.17, 15) is 19.2 Å². The van der Waals surface area contributed by atoms with Gasteiger partial charge in [0.2, 0.25) is 5.91 Å². The van der Waals surface area contributed by atoms with Gasteiger partial charge in [0.1, 0.15) is 11.8 Å². The summed E-state index contributed by atoms with van der Waals surface area (Å²) in [6.07, 6.45) is 1.15. The van der Waals surface area contributed by atoms with Crippen LogP contribution in [0.4, 0.5) is 0 Å². The molecule has 1 unspecified atom stereocenters. The van der Waals surface area contributed by atoms with Crippen LogP contribution in [-0.2, 0) is 23.9 Å². The number of hydrogen-bond acceptors (Lipinski definition) is 6. The zero-order chi connectivity index (χ0) is 16.7. The average molecular weight is 331 g/mol. The fourth-order valence-corrected chi connectivity index (χ4v) is 3.67. The molecule has 0 bridgehead atoms. The van der Waals surface area contributed by atoms with Crippen LogP contribution >= 0.6 is 11.8 Å². The molecule has 22 heavy (non-hydrogen) atoms. The van der Waals surface area contributed by atoms with E-state index >= 15 is 0 Å². The van der Waals surface area contributed by atoms with Crippen molar-refractivity contribution in [2.45, 2.75) is 32.7 Å². The van der Waals surface area contributed by atoms with E-state index in [1.165, 1.54) is 25.6 Å². The molecule has 124 valence electrons. The third-order valence-electron chi connectivity index (χ3n) is 3.50. The number of carboxylic acid groups (broad SMARTS) is 1. The van der Waals surface area contributed by atoms with Gasteiger partial charge in [-0.25, -0.2) is 4.79 Å². The molecular weight excluding hydrogens is 310 g/mol. The van der Waals surface area contributed by atoms with E-state index in [0.717, 1.165) is 0 Å². The summed E-state index contributed by atoms with van der Waals surface area (Å²) in [4.78, 5) is 44.7. The fraction of sp³-hybridized carbons (Fsp3) is 0.714. The van der Waals surface area contributed by atoms with E-state index < -0.39 is 17.9 Å². The molecule has 1 rings (SSSR count). The Morgan fingerprint density at radius 3 is 2.64 bits per heavy atom. The number of ether oxygens (including phenoxy) is 1. The van der Waals surface area contributed by atoms with Gasteiger partial charge < -0.3 is 15.2 Å². The van der Waals surface area contributed by atoms with Crippen LogP contribution in [0.25, 0.3) is 0 Å². The number of carbonyl (C=O) groups excluding carboxylic acids is 3. The molecule has 2 N–H and O–H groups in total. The zero-order valence-electron chi connectivity index (χ0n) is 12.7. The quantitative estimate of drug-likeness (QED) is 0.622. The second kappa shape index (κ2) is 8.77. The van der Waals surface area contributed by atoms with Crippen molar-refractivity contribution in [3.8, 4) is 0 Å². The lowest BCUT2D eigenvalue weighted by Crippen LogP contribution is -2.41. The third kappa shape index (κ3) is 6.05. The number of rotatable bonds is 8. The molecule has 0 radical (unpaired) electrons. The summed E-state index contributed by atoms with van der Waals surface area (Å²) in [6, 6.07) is -0.967. The summed E-state index contributed by atoms with van der Waals surface area (Å²) < 4.78 is 4.97. The Kier molecular flexibility index (Phi) is 7.37. The van der Waals surface area contributed by atoms with Gasteiger partial charge in [0, 0.05) is 43.6 Å². The average Bonchev–Trinajstić information content (AvgIpc) is 2.75. The molecule has 1 aliphatic carbocycles. The number of esters is 1. The van der Waals surface area contributed by atoms with Crippen LogP contribution in [0, 0.1) is 11.8 Å². The number of Topliss-reactive ketones (excluding diaryl/α,β-unsaturated/α-hetero) is 1. The Hall–Kier alpha value is -1.57. The molecule has 1 fully saturated rings. The van der Waals surface area contributed by atoms with Crippen LogP contribution in [-0.4, -0.2) is 52.9 Å². The third-order valence-corrected chi connectivity index (χ3v) is 4.67. The number of carboxylic acids is 1. The number of ketones is 1. The number of nitrogens with one attached hydrogen (secondary N) is 1. The topological polar surface area (TPSA) is 110 Å². The van der Waals surface area contributed by atoms with Gasteiger partial charge in [-0.3, -0.25) is 14.4 Å². The van der Waals surface area contributed by atoms with Crippen molar-refractivity contribution in [2.24, 2.45) is 11.8 Å². The van der Waals surface area contributed by atoms with Gasteiger partial charge in [-0.2, -0.15) is 11.8 Å². The minimum atomic E-state index is -1.10. The molecule has 1 saturated carbocycles. The van der Waals surface area contributed by atoms with Crippen molar-refractivity contribution >= 4 is 35.4 Å². The van der Waals surface area contributed by atoms with Crippen molar-refractivity contribution in [3.63, 3.8) is 0 Å². The molecule has 3 atom stereocenters. The van der Waals surface area contributed by atoms with Gasteiger partial charge in [-0.05, 0) is 6.42 Å². The molecule has 0 aromatic rings. The van der Waals surface area contributed by atoms with Crippen LogP contribution in [0.3, 0.4) is 0 Å². The first kappa shape index (κ1) is 18.5. The SMILES string of the molecule is CC(=O)NC(CSC[C@@H]1C(=O)CC[C@H]1COC(C)=O)C(=O)O. The number of amides is 1. The predicted molar refractivity (Wildman–Crippen MR) is 80.4 cm³/mol. The summed E-state index contributed by atoms with van der Waals surface area (Å²) in [5, 5.41) is 11.4. The van der Waals surface area contributed by atoms with Crippen molar-refractivity contribution in [2.75, 3.05) is 18.1 Å². The van der Waals surface area contributed by atoms with E-state index in [0.29, 0.717) is 18.6 Å². The van der Waals surface area contributed by atoms with Crippen LogP contribution in [0.1, 0.15) is 26.7 Å². The molecule has 0 spiro atoms. The summed E-state index contributed by atoms with van der Waals surface area (Å²) in [5.41, 5.74) is 0. The molecule has 0 aromatic carbocycles. The fourth-order valence-electron chi connectivity index (χ4n) is 2.36. The van der Waals surface area contributed by atoms with E-state index in [1.807, 2.05) is 0 Å². The molecule has 0 heterocycles. The maximum absolute atomic E-state index is 11.9. The molecular formula is C14H21NO6S. The second-order valence-electron chi connectivity index (χ2n) is 5.30. The maximum Gasteiger partial charge on any atom is 0.327 e. The van der Waals surface area contributed by atoms with Crippen LogP contribution in [0.5, 0.6) is 0 Å². The monoisotopic (exact) mass is 331 g/mol. The Labute approximate surface area is 133 Å². The number of carbonyl (C=O) groups is 4. The lowest BCUT2D eigenvalue weighted by atomic mass is 9.98. The Morgan fingerprint density at radius 1 is 1.41 bits per heavy atom. The van der Waals surface area contributed by atoms with E-state index in [4.69, 9.17) is 9.84 Å². The largest absolute Gasteiger partial charge is 0.480 e. The zero-order valence-corrected chi connectivity index (χ0v) is 13.5. The Balaban J connectivity index is 2.46. The van der Waals surface area contributed by atoms with Crippen molar-refractivity contribution in [1.82, 2.24) is 5.32 Å². The first-order valence-corrected chi connectivity index (χ1v) is 8.20. The van der Waals surface area contributed by atoms with E-state index in [1.54, 1.807) is 0 Å². The molecule has 0 saturated heterocycles. The van der Waals surface area contributed by atoms with Crippen LogP contribution in [0.2, 0.25) is 0 Å². The van der Waals surface area contributed by atoms with Crippen molar-refractivity contribution in [1.29, 1.82) is 0 Å². The highest BCUT2D eigenvalue weighted by Gasteiger charge is 2.35. The molecule has 1 aliphatic rings. The Bertz CT molecular complexity index is 453. The van der Waals surface area contributed by atoms with Crippen molar-refractivity contribution in [3.05, 3.63) is 0 Å². The molecule has 1 amide bonds. The summed E-state index contributed by atoms with van der Waals surface area (Å²) in [5.74, 6) is -1.33. The van der Waals surface area contributed by atoms with E-state index in [-0.39, 0.29) is 35.9 Å². The second-order valence-corrected chi connectivity index (χ2v) is 6.38. The standard InChI is InChI=1S/C14H21NO6S/c1-8(16)15-12(14(19)20)7-22-6-11-10(3-4-13(11)18)5-21-9(2)17/h10-12H,3-7H2,1-2H3,(H,15,16)(H,19,20)/t10-,11-,12?/m0/s1. The summed E-state index contributed by atoms with van der Waals surface area (Å²) >= 11 is 1.31. The first-order chi connectivity index (χ1) is 10.3. The predicted octanol–water partition coefficient (Wildman–Crippen LogP) is 0.467. The normalized spacial score (nSPS) is 22.2. The van der Waals surface area contributed by atoms with Gasteiger partial charge >= 0.3 is 11.9 Å². The van der Waals surface area contributed by atoms with Crippen LogP contribution < -0.4 is 5.32 Å². The molecule has 7 nitrogen and oxygen atoms in total. The molecule has 8 heteroatoms. The highest BCUT2D eigenvalue weighted by atomic mass is 32.2. The van der Waals surface area contributed by atoms with Gasteiger partial charge in [0.05, 0.1) is 6.61 Å². The highest BCUT2D eigenvalue weighted by molar-refractivity contribution is 7.99. The minimum absolute atomic E-state index is 0.00653. The highest BCUT2D eigenvalue weighted by Crippen LogP contribution is 2.31. The summed E-state index contributed by atoms with van der Waals surface area (Å²) in [6.45, 7) is 2.81. The molecule has 0 aliphatic heterocycles. The van der Waals surface area contributed by atoms with E-state index in [2.05, 4.69) is 5.32 Å².